The highest BCUT2D eigenvalue weighted by Crippen LogP contribution is 2.37. The molecule has 0 aromatic carbocycles. The summed E-state index contributed by atoms with van der Waals surface area (Å²) in [4.78, 5) is 6.77. The Hall–Kier alpha value is -0.280. The zero-order valence-corrected chi connectivity index (χ0v) is 12.7. The molecule has 0 bridgehead atoms. The summed E-state index contributed by atoms with van der Waals surface area (Å²) in [6, 6.07) is 1.91. The molecule has 1 aliphatic heterocycles. The zero-order chi connectivity index (χ0) is 12.5. The van der Waals surface area contributed by atoms with Crippen LogP contribution < -0.4 is 4.90 Å². The van der Waals surface area contributed by atoms with E-state index >= 15 is 0 Å². The van der Waals surface area contributed by atoms with Crippen LogP contribution in [0.2, 0.25) is 5.02 Å². The molecule has 0 spiro atoms. The number of piperidine rings is 1. The molecule has 0 unspecified atom stereocenters. The normalized spacial score (nSPS) is 19.4. The highest BCUT2D eigenvalue weighted by atomic mass is 79.9. The fraction of sp³-hybridized carbons (Fsp3) is 0.615. The molecule has 0 aliphatic carbocycles. The minimum absolute atomic E-state index is 0.509. The molecule has 1 aliphatic rings. The van der Waals surface area contributed by atoms with Gasteiger partial charge >= 0.3 is 0 Å². The number of hydrogen-bond acceptors (Lipinski definition) is 2. The molecule has 1 aromatic heterocycles. The highest BCUT2D eigenvalue weighted by molar-refractivity contribution is 9.10. The van der Waals surface area contributed by atoms with E-state index < -0.39 is 0 Å². The maximum Gasteiger partial charge on any atom is 0.142 e. The second-order valence-corrected chi connectivity index (χ2v) is 6.40. The first-order chi connectivity index (χ1) is 8.04. The van der Waals surface area contributed by atoms with Gasteiger partial charge in [-0.15, -0.1) is 0 Å². The third-order valence-electron chi connectivity index (χ3n) is 3.91. The van der Waals surface area contributed by atoms with Crippen molar-refractivity contribution in [3.05, 3.63) is 21.8 Å². The molecular weight excluding hydrogens is 300 g/mol. The predicted molar refractivity (Wildman–Crippen MR) is 76.8 cm³/mol. The Morgan fingerprint density at radius 3 is 2.65 bits per heavy atom. The first kappa shape index (κ1) is 13.2. The maximum atomic E-state index is 5.91. The van der Waals surface area contributed by atoms with E-state index in [1.54, 1.807) is 6.20 Å². The fourth-order valence-corrected chi connectivity index (χ4v) is 3.14. The van der Waals surface area contributed by atoms with Crippen LogP contribution in [0.3, 0.4) is 0 Å². The average molecular weight is 318 g/mol. The molecule has 94 valence electrons. The summed E-state index contributed by atoms with van der Waals surface area (Å²) in [5.74, 6) is 1.02. The van der Waals surface area contributed by atoms with Crippen LogP contribution in [0.25, 0.3) is 0 Å². The molecule has 0 amide bonds. The molecule has 4 heteroatoms. The van der Waals surface area contributed by atoms with E-state index in [9.17, 15) is 0 Å². The summed E-state index contributed by atoms with van der Waals surface area (Å²) in [7, 11) is 0. The average Bonchev–Trinajstić information content (AvgIpc) is 2.31. The third kappa shape index (κ3) is 2.94. The number of pyridine rings is 1. The van der Waals surface area contributed by atoms with E-state index in [0.29, 0.717) is 10.4 Å². The molecule has 2 heterocycles. The SMILES string of the molecule is CCC1(C)CCN(c2ncc(Cl)cc2Br)CC1. The fourth-order valence-electron chi connectivity index (χ4n) is 2.25. The molecule has 1 saturated heterocycles. The Kier molecular flexibility index (Phi) is 3.99. The van der Waals surface area contributed by atoms with Crippen molar-refractivity contribution in [2.24, 2.45) is 5.41 Å². The second-order valence-electron chi connectivity index (χ2n) is 5.11. The molecule has 1 fully saturated rings. The van der Waals surface area contributed by atoms with E-state index in [1.807, 2.05) is 6.07 Å². The number of nitrogens with zero attached hydrogens (tertiary/aromatic N) is 2. The number of hydrogen-bond donors (Lipinski definition) is 0. The zero-order valence-electron chi connectivity index (χ0n) is 10.3. The lowest BCUT2D eigenvalue weighted by Gasteiger charge is -2.39. The van der Waals surface area contributed by atoms with Crippen molar-refractivity contribution in [1.29, 1.82) is 0 Å². The van der Waals surface area contributed by atoms with Crippen molar-refractivity contribution in [3.8, 4) is 0 Å². The smallest absolute Gasteiger partial charge is 0.142 e. The van der Waals surface area contributed by atoms with E-state index in [4.69, 9.17) is 11.6 Å². The van der Waals surface area contributed by atoms with Gasteiger partial charge in [-0.2, -0.15) is 0 Å². The molecule has 0 atom stereocenters. The van der Waals surface area contributed by atoms with Crippen molar-refractivity contribution >= 4 is 33.3 Å². The van der Waals surface area contributed by atoms with Crippen molar-refractivity contribution in [2.45, 2.75) is 33.1 Å². The van der Waals surface area contributed by atoms with Gasteiger partial charge in [-0.1, -0.05) is 31.9 Å². The highest BCUT2D eigenvalue weighted by Gasteiger charge is 2.29. The number of aromatic nitrogens is 1. The molecule has 17 heavy (non-hydrogen) atoms. The minimum atomic E-state index is 0.509. The van der Waals surface area contributed by atoms with E-state index in [2.05, 4.69) is 39.7 Å². The monoisotopic (exact) mass is 316 g/mol. The predicted octanol–water partition coefficient (Wildman–Crippen LogP) is 4.51. The molecular formula is C13H18BrClN2. The summed E-state index contributed by atoms with van der Waals surface area (Å²) < 4.78 is 0.991. The molecule has 1 aromatic rings. The van der Waals surface area contributed by atoms with Gasteiger partial charge < -0.3 is 4.90 Å². The van der Waals surface area contributed by atoms with Gasteiger partial charge in [-0.05, 0) is 40.3 Å². The Labute approximate surface area is 116 Å². The number of halogens is 2. The van der Waals surface area contributed by atoms with Crippen molar-refractivity contribution in [2.75, 3.05) is 18.0 Å². The summed E-state index contributed by atoms with van der Waals surface area (Å²) in [6.45, 7) is 6.83. The quantitative estimate of drug-likeness (QED) is 0.797. The van der Waals surface area contributed by atoms with Crippen LogP contribution in [-0.2, 0) is 0 Å². The van der Waals surface area contributed by atoms with E-state index in [-0.39, 0.29) is 0 Å². The third-order valence-corrected chi connectivity index (χ3v) is 4.70. The summed E-state index contributed by atoms with van der Waals surface area (Å²) >= 11 is 9.45. The van der Waals surface area contributed by atoms with Gasteiger partial charge in [0.05, 0.1) is 9.50 Å². The summed E-state index contributed by atoms with van der Waals surface area (Å²) in [5, 5.41) is 0.677. The van der Waals surface area contributed by atoms with Crippen molar-refractivity contribution in [3.63, 3.8) is 0 Å². The van der Waals surface area contributed by atoms with Gasteiger partial charge in [-0.25, -0.2) is 4.98 Å². The number of rotatable bonds is 2. The van der Waals surface area contributed by atoms with Crippen LogP contribution in [0.1, 0.15) is 33.1 Å². The van der Waals surface area contributed by atoms with Crippen molar-refractivity contribution in [1.82, 2.24) is 4.98 Å². The lowest BCUT2D eigenvalue weighted by molar-refractivity contribution is 0.237. The van der Waals surface area contributed by atoms with Crippen LogP contribution in [0.4, 0.5) is 5.82 Å². The van der Waals surface area contributed by atoms with Crippen LogP contribution in [0.15, 0.2) is 16.7 Å². The van der Waals surface area contributed by atoms with Crippen LogP contribution in [-0.4, -0.2) is 18.1 Å². The standard InChI is InChI=1S/C13H18BrClN2/c1-3-13(2)4-6-17(7-5-13)12-11(14)8-10(15)9-16-12/h8-9H,3-7H2,1-2H3. The Morgan fingerprint density at radius 2 is 2.12 bits per heavy atom. The molecule has 2 rings (SSSR count). The summed E-state index contributed by atoms with van der Waals surface area (Å²) in [6.07, 6.45) is 5.45. The van der Waals surface area contributed by atoms with Crippen LogP contribution in [0.5, 0.6) is 0 Å². The molecule has 0 N–H and O–H groups in total. The van der Waals surface area contributed by atoms with Crippen LogP contribution in [0, 0.1) is 5.41 Å². The first-order valence-electron chi connectivity index (χ1n) is 6.10. The Balaban J connectivity index is 2.10. The van der Waals surface area contributed by atoms with Gasteiger partial charge in [0.15, 0.2) is 0 Å². The number of anilines is 1. The summed E-state index contributed by atoms with van der Waals surface area (Å²) in [5.41, 5.74) is 0.509. The van der Waals surface area contributed by atoms with Crippen molar-refractivity contribution < 1.29 is 0 Å². The largest absolute Gasteiger partial charge is 0.356 e. The molecule has 0 saturated carbocycles. The Morgan fingerprint density at radius 1 is 1.47 bits per heavy atom. The molecule has 2 nitrogen and oxygen atoms in total. The lowest BCUT2D eigenvalue weighted by atomic mass is 9.78. The van der Waals surface area contributed by atoms with Gasteiger partial charge in [0, 0.05) is 19.3 Å². The van der Waals surface area contributed by atoms with Gasteiger partial charge in [-0.3, -0.25) is 0 Å². The van der Waals surface area contributed by atoms with Crippen LogP contribution >= 0.6 is 27.5 Å². The minimum Gasteiger partial charge on any atom is -0.356 e. The maximum absolute atomic E-state index is 5.91. The second kappa shape index (κ2) is 5.15. The topological polar surface area (TPSA) is 16.1 Å². The van der Waals surface area contributed by atoms with E-state index in [0.717, 1.165) is 23.4 Å². The van der Waals surface area contributed by atoms with Gasteiger partial charge in [0.2, 0.25) is 0 Å². The lowest BCUT2D eigenvalue weighted by Crippen LogP contribution is -2.39. The van der Waals surface area contributed by atoms with Gasteiger partial charge in [0.1, 0.15) is 5.82 Å². The van der Waals surface area contributed by atoms with Gasteiger partial charge in [0.25, 0.3) is 0 Å². The Bertz CT molecular complexity index is 400. The first-order valence-corrected chi connectivity index (χ1v) is 7.27. The van der Waals surface area contributed by atoms with E-state index in [1.165, 1.54) is 19.3 Å². The molecule has 0 radical (unpaired) electrons.